The average molecular weight is 350 g/mol. The molecule has 0 atom stereocenters. The molecule has 0 fully saturated rings. The predicted octanol–water partition coefficient (Wildman–Crippen LogP) is 4.98. The van der Waals surface area contributed by atoms with Gasteiger partial charge >= 0.3 is 0 Å². The Morgan fingerprint density at radius 1 is 1.22 bits per heavy atom. The van der Waals surface area contributed by atoms with Crippen molar-refractivity contribution >= 4 is 28.8 Å². The minimum Gasteiger partial charge on any atom is -0.472 e. The van der Waals surface area contributed by atoms with Crippen molar-refractivity contribution in [2.45, 2.75) is 13.1 Å². The van der Waals surface area contributed by atoms with Crippen molar-refractivity contribution in [3.05, 3.63) is 81.1 Å². The summed E-state index contributed by atoms with van der Waals surface area (Å²) in [5, 5.41) is 2.05. The van der Waals surface area contributed by atoms with Gasteiger partial charge in [0.1, 0.15) is 5.82 Å². The van der Waals surface area contributed by atoms with Crippen molar-refractivity contribution in [1.29, 1.82) is 0 Å². The molecule has 0 spiro atoms. The van der Waals surface area contributed by atoms with Gasteiger partial charge in [0.15, 0.2) is 0 Å². The van der Waals surface area contributed by atoms with E-state index in [2.05, 4.69) is 0 Å². The molecule has 3 nitrogen and oxygen atoms in total. The number of nitrogens with zero attached hydrogens (tertiary/aromatic N) is 1. The van der Waals surface area contributed by atoms with Gasteiger partial charge < -0.3 is 9.32 Å². The summed E-state index contributed by atoms with van der Waals surface area (Å²) in [5.74, 6) is -1.06. The Labute approximate surface area is 141 Å². The van der Waals surface area contributed by atoms with Crippen LogP contribution in [-0.2, 0) is 13.1 Å². The van der Waals surface area contributed by atoms with Gasteiger partial charge in [-0.1, -0.05) is 23.7 Å². The summed E-state index contributed by atoms with van der Waals surface area (Å²) < 4.78 is 19.1. The molecule has 0 bridgehead atoms. The molecule has 1 amide bonds. The van der Waals surface area contributed by atoms with Crippen LogP contribution in [0.2, 0.25) is 5.02 Å². The van der Waals surface area contributed by atoms with Gasteiger partial charge in [0.05, 0.1) is 29.7 Å². The number of benzene rings is 1. The molecule has 23 heavy (non-hydrogen) atoms. The molecule has 3 rings (SSSR count). The number of halogens is 2. The maximum absolute atomic E-state index is 14.1. The highest BCUT2D eigenvalue weighted by Crippen LogP contribution is 2.24. The first-order chi connectivity index (χ1) is 11.1. The second kappa shape index (κ2) is 6.98. The number of hydrogen-bond donors (Lipinski definition) is 0. The Balaban J connectivity index is 1.91. The lowest BCUT2D eigenvalue weighted by Gasteiger charge is -2.22. The molecule has 0 aliphatic carbocycles. The molecule has 0 radical (unpaired) electrons. The van der Waals surface area contributed by atoms with Crippen molar-refractivity contribution < 1.29 is 13.6 Å². The number of furan rings is 1. The smallest absolute Gasteiger partial charge is 0.258 e. The van der Waals surface area contributed by atoms with Crippen LogP contribution in [0.15, 0.2) is 58.7 Å². The molecule has 0 N–H and O–H groups in total. The first kappa shape index (κ1) is 15.8. The van der Waals surface area contributed by atoms with Crippen LogP contribution in [0.4, 0.5) is 4.39 Å². The first-order valence-corrected chi connectivity index (χ1v) is 8.17. The fourth-order valence-corrected chi connectivity index (χ4v) is 3.22. The van der Waals surface area contributed by atoms with E-state index < -0.39 is 11.7 Å². The van der Waals surface area contributed by atoms with E-state index in [-0.39, 0.29) is 10.6 Å². The summed E-state index contributed by atoms with van der Waals surface area (Å²) in [5.41, 5.74) is 0.733. The van der Waals surface area contributed by atoms with E-state index in [1.54, 1.807) is 34.8 Å². The van der Waals surface area contributed by atoms with Gasteiger partial charge in [-0.3, -0.25) is 4.79 Å². The molecule has 0 saturated heterocycles. The lowest BCUT2D eigenvalue weighted by Crippen LogP contribution is -2.30. The summed E-state index contributed by atoms with van der Waals surface area (Å²) in [6.45, 7) is 0.699. The number of carbonyl (C=O) groups is 1. The summed E-state index contributed by atoms with van der Waals surface area (Å²) in [6.07, 6.45) is 3.11. The van der Waals surface area contributed by atoms with E-state index in [0.29, 0.717) is 13.1 Å². The largest absolute Gasteiger partial charge is 0.472 e. The third-order valence-electron chi connectivity index (χ3n) is 3.34. The zero-order valence-electron chi connectivity index (χ0n) is 12.0. The molecular weight excluding hydrogens is 337 g/mol. The van der Waals surface area contributed by atoms with E-state index in [4.69, 9.17) is 16.0 Å². The second-order valence-corrected chi connectivity index (χ2v) is 6.41. The Bertz CT molecular complexity index is 731. The van der Waals surface area contributed by atoms with Crippen molar-refractivity contribution in [2.75, 3.05) is 0 Å². The highest BCUT2D eigenvalue weighted by Gasteiger charge is 2.23. The van der Waals surface area contributed by atoms with Gasteiger partial charge in [-0.15, -0.1) is 11.3 Å². The third-order valence-corrected chi connectivity index (χ3v) is 4.52. The molecule has 6 heteroatoms. The standard InChI is InChI=1S/C17H13ClFNO2S/c18-14-4-1-5-15(19)16(14)17(21)20(9-12-6-7-22-11-12)10-13-3-2-8-23-13/h1-8,11H,9-10H2. The van der Waals surface area contributed by atoms with Crippen LogP contribution in [0.1, 0.15) is 20.8 Å². The SMILES string of the molecule is O=C(c1c(F)cccc1Cl)N(Cc1ccoc1)Cc1cccs1. The van der Waals surface area contributed by atoms with Gasteiger partial charge in [-0.25, -0.2) is 4.39 Å². The molecule has 3 aromatic rings. The van der Waals surface area contributed by atoms with E-state index in [1.165, 1.54) is 18.2 Å². The fraction of sp³-hybridized carbons (Fsp3) is 0.118. The number of thiophene rings is 1. The van der Waals surface area contributed by atoms with E-state index >= 15 is 0 Å². The Hall–Kier alpha value is -2.11. The average Bonchev–Trinajstić information content (AvgIpc) is 3.20. The van der Waals surface area contributed by atoms with Gasteiger partial charge in [0, 0.05) is 17.0 Å². The minimum absolute atomic E-state index is 0.103. The van der Waals surface area contributed by atoms with E-state index in [1.807, 2.05) is 17.5 Å². The van der Waals surface area contributed by atoms with Gasteiger partial charge in [-0.2, -0.15) is 0 Å². The Morgan fingerprint density at radius 2 is 2.09 bits per heavy atom. The zero-order valence-corrected chi connectivity index (χ0v) is 13.6. The van der Waals surface area contributed by atoms with Crippen LogP contribution in [0, 0.1) is 5.82 Å². The van der Waals surface area contributed by atoms with Gasteiger partial charge in [0.25, 0.3) is 5.91 Å². The van der Waals surface area contributed by atoms with Crippen LogP contribution in [-0.4, -0.2) is 10.8 Å². The Morgan fingerprint density at radius 3 is 2.74 bits per heavy atom. The second-order valence-electron chi connectivity index (χ2n) is 4.97. The molecular formula is C17H13ClFNO2S. The molecule has 0 unspecified atom stereocenters. The van der Waals surface area contributed by atoms with E-state index in [0.717, 1.165) is 10.4 Å². The number of rotatable bonds is 5. The lowest BCUT2D eigenvalue weighted by molar-refractivity contribution is 0.0727. The molecule has 2 aromatic heterocycles. The topological polar surface area (TPSA) is 33.5 Å². The fourth-order valence-electron chi connectivity index (χ4n) is 2.25. The molecule has 118 valence electrons. The van der Waals surface area contributed by atoms with Gasteiger partial charge in [-0.05, 0) is 29.6 Å². The van der Waals surface area contributed by atoms with Crippen molar-refractivity contribution in [1.82, 2.24) is 4.90 Å². The number of hydrogen-bond acceptors (Lipinski definition) is 3. The van der Waals surface area contributed by atoms with Crippen LogP contribution in [0.25, 0.3) is 0 Å². The predicted molar refractivity (Wildman–Crippen MR) is 88.0 cm³/mol. The third kappa shape index (κ3) is 3.63. The van der Waals surface area contributed by atoms with Crippen LogP contribution in [0.3, 0.4) is 0 Å². The zero-order chi connectivity index (χ0) is 16.2. The Kier molecular flexibility index (Phi) is 4.79. The number of amides is 1. The van der Waals surface area contributed by atoms with Crippen LogP contribution < -0.4 is 0 Å². The summed E-state index contributed by atoms with van der Waals surface area (Å²) >= 11 is 7.57. The summed E-state index contributed by atoms with van der Waals surface area (Å²) in [4.78, 5) is 15.4. The molecule has 0 saturated carbocycles. The molecule has 0 aliphatic heterocycles. The highest BCUT2D eigenvalue weighted by molar-refractivity contribution is 7.09. The highest BCUT2D eigenvalue weighted by atomic mass is 35.5. The van der Waals surface area contributed by atoms with Gasteiger partial charge in [0.2, 0.25) is 0 Å². The molecule has 2 heterocycles. The molecule has 0 aliphatic rings. The maximum atomic E-state index is 14.1. The van der Waals surface area contributed by atoms with Crippen molar-refractivity contribution in [2.24, 2.45) is 0 Å². The van der Waals surface area contributed by atoms with E-state index in [9.17, 15) is 9.18 Å². The first-order valence-electron chi connectivity index (χ1n) is 6.92. The summed E-state index contributed by atoms with van der Waals surface area (Å²) in [6, 6.07) is 9.85. The van der Waals surface area contributed by atoms with Crippen LogP contribution >= 0.6 is 22.9 Å². The minimum atomic E-state index is -0.620. The van der Waals surface area contributed by atoms with Crippen molar-refractivity contribution in [3.63, 3.8) is 0 Å². The van der Waals surface area contributed by atoms with Crippen LogP contribution in [0.5, 0.6) is 0 Å². The quantitative estimate of drug-likeness (QED) is 0.651. The number of carbonyl (C=O) groups excluding carboxylic acids is 1. The lowest BCUT2D eigenvalue weighted by atomic mass is 10.1. The maximum Gasteiger partial charge on any atom is 0.258 e. The normalized spacial score (nSPS) is 10.7. The van der Waals surface area contributed by atoms with Crippen molar-refractivity contribution in [3.8, 4) is 0 Å². The monoisotopic (exact) mass is 349 g/mol. The summed E-state index contributed by atoms with van der Waals surface area (Å²) in [7, 11) is 0. The molecule has 1 aromatic carbocycles.